The number of carbonyl (C=O) groups excluding carboxylic acids is 1. The van der Waals surface area contributed by atoms with E-state index in [0.29, 0.717) is 16.4 Å². The molecule has 0 saturated carbocycles. The van der Waals surface area contributed by atoms with Gasteiger partial charge >= 0.3 is 5.97 Å². The number of aromatic carboxylic acids is 1. The van der Waals surface area contributed by atoms with Crippen LogP contribution in [0.4, 0.5) is 5.69 Å². The van der Waals surface area contributed by atoms with Crippen LogP contribution in [0.2, 0.25) is 0 Å². The maximum absolute atomic E-state index is 12.9. The summed E-state index contributed by atoms with van der Waals surface area (Å²) in [5, 5.41) is 10.5. The quantitative estimate of drug-likeness (QED) is 0.294. The molecule has 0 unspecified atom stereocenters. The van der Waals surface area contributed by atoms with Crippen molar-refractivity contribution in [1.82, 2.24) is 5.01 Å². The van der Waals surface area contributed by atoms with Crippen molar-refractivity contribution in [1.29, 1.82) is 0 Å². The smallest absolute Gasteiger partial charge is 0.337 e. The molecule has 1 saturated heterocycles. The van der Waals surface area contributed by atoms with Gasteiger partial charge in [0.2, 0.25) is 0 Å². The zero-order chi connectivity index (χ0) is 23.4. The Morgan fingerprint density at radius 3 is 2.64 bits per heavy atom. The molecule has 3 aromatic rings. The van der Waals surface area contributed by atoms with E-state index in [9.17, 15) is 14.7 Å². The normalized spacial score (nSPS) is 14.8. The van der Waals surface area contributed by atoms with Crippen molar-refractivity contribution >= 4 is 51.9 Å². The highest BCUT2D eigenvalue weighted by atomic mass is 32.2. The van der Waals surface area contributed by atoms with Gasteiger partial charge in [0.25, 0.3) is 5.91 Å². The lowest BCUT2D eigenvalue weighted by molar-refractivity contribution is -0.121. The number of hydrazine groups is 1. The summed E-state index contributed by atoms with van der Waals surface area (Å²) in [7, 11) is 0. The van der Waals surface area contributed by atoms with Crippen LogP contribution < -0.4 is 5.43 Å². The van der Waals surface area contributed by atoms with Gasteiger partial charge in [0.1, 0.15) is 11.5 Å². The highest BCUT2D eigenvalue weighted by molar-refractivity contribution is 8.26. The van der Waals surface area contributed by atoms with Crippen LogP contribution in [0.1, 0.15) is 41.4 Å². The predicted octanol–water partition coefficient (Wildman–Crippen LogP) is 6.22. The summed E-state index contributed by atoms with van der Waals surface area (Å²) in [4.78, 5) is 24.7. The zero-order valence-corrected chi connectivity index (χ0v) is 19.5. The average molecular weight is 479 g/mol. The molecule has 1 aliphatic rings. The number of nitrogens with one attached hydrogen (secondary N) is 1. The number of furan rings is 1. The van der Waals surface area contributed by atoms with E-state index >= 15 is 0 Å². The third-order valence-corrected chi connectivity index (χ3v) is 6.44. The van der Waals surface area contributed by atoms with Gasteiger partial charge < -0.3 is 9.52 Å². The van der Waals surface area contributed by atoms with E-state index in [0.717, 1.165) is 30.2 Å². The van der Waals surface area contributed by atoms with Crippen molar-refractivity contribution in [3.8, 4) is 11.3 Å². The van der Waals surface area contributed by atoms with E-state index in [1.54, 1.807) is 30.3 Å². The van der Waals surface area contributed by atoms with E-state index in [4.69, 9.17) is 16.6 Å². The van der Waals surface area contributed by atoms with E-state index in [1.165, 1.54) is 23.1 Å². The number of carbonyl (C=O) groups is 2. The topological polar surface area (TPSA) is 82.8 Å². The number of benzene rings is 2. The maximum Gasteiger partial charge on any atom is 0.337 e. The minimum absolute atomic E-state index is 0.0481. The van der Waals surface area contributed by atoms with Gasteiger partial charge in [-0.2, -0.15) is 0 Å². The highest BCUT2D eigenvalue weighted by Gasteiger charge is 2.33. The molecule has 0 aliphatic carbocycles. The SMILES string of the molecule is CCCCc1ccc(-c2ccc(C=C3SC(=S)N(Nc4ccccc4C(=O)O)C3=O)o2)cc1. The Balaban J connectivity index is 1.49. The minimum Gasteiger partial charge on any atom is -0.478 e. The molecule has 1 amide bonds. The fourth-order valence-electron chi connectivity index (χ4n) is 3.38. The number of thioether (sulfide) groups is 1. The van der Waals surface area contributed by atoms with Gasteiger partial charge in [-0.15, -0.1) is 0 Å². The third kappa shape index (κ3) is 5.18. The van der Waals surface area contributed by atoms with Crippen LogP contribution in [-0.2, 0) is 11.2 Å². The molecular weight excluding hydrogens is 456 g/mol. The number of nitrogens with zero attached hydrogens (tertiary/aromatic N) is 1. The molecule has 33 heavy (non-hydrogen) atoms. The molecule has 4 rings (SSSR count). The third-order valence-electron chi connectivity index (χ3n) is 5.14. The summed E-state index contributed by atoms with van der Waals surface area (Å²) >= 11 is 6.45. The van der Waals surface area contributed by atoms with E-state index in [1.807, 2.05) is 18.2 Å². The molecule has 2 heterocycles. The molecule has 1 fully saturated rings. The molecule has 0 atom stereocenters. The highest BCUT2D eigenvalue weighted by Crippen LogP contribution is 2.34. The van der Waals surface area contributed by atoms with Gasteiger partial charge in [0.05, 0.1) is 16.2 Å². The Labute approximate surface area is 201 Å². The molecule has 8 heteroatoms. The van der Waals surface area contributed by atoms with Crippen LogP contribution in [-0.4, -0.2) is 26.3 Å². The van der Waals surface area contributed by atoms with E-state index < -0.39 is 5.97 Å². The van der Waals surface area contributed by atoms with Crippen LogP contribution in [0.3, 0.4) is 0 Å². The number of hydrogen-bond donors (Lipinski definition) is 2. The van der Waals surface area contributed by atoms with Gasteiger partial charge in [-0.25, -0.2) is 9.80 Å². The Morgan fingerprint density at radius 2 is 1.91 bits per heavy atom. The van der Waals surface area contributed by atoms with Crippen molar-refractivity contribution < 1.29 is 19.1 Å². The largest absolute Gasteiger partial charge is 0.478 e. The first-order valence-electron chi connectivity index (χ1n) is 10.5. The number of thiocarbonyl (C=S) groups is 1. The number of hydrogen-bond acceptors (Lipinski definition) is 6. The first kappa shape index (κ1) is 22.8. The Morgan fingerprint density at radius 1 is 1.15 bits per heavy atom. The maximum atomic E-state index is 12.9. The lowest BCUT2D eigenvalue weighted by Gasteiger charge is -2.18. The zero-order valence-electron chi connectivity index (χ0n) is 17.9. The number of carboxylic acid groups (broad SMARTS) is 1. The lowest BCUT2D eigenvalue weighted by Crippen LogP contribution is -2.34. The number of rotatable bonds is 8. The Hall–Kier alpha value is -3.36. The second-order valence-corrected chi connectivity index (χ2v) is 9.16. The van der Waals surface area contributed by atoms with Gasteiger partial charge in [-0.05, 0) is 54.9 Å². The fourth-order valence-corrected chi connectivity index (χ4v) is 4.54. The molecular formula is C25H22N2O4S2. The van der Waals surface area contributed by atoms with Crippen LogP contribution >= 0.6 is 24.0 Å². The fraction of sp³-hybridized carbons (Fsp3) is 0.160. The number of carboxylic acids is 1. The minimum atomic E-state index is -1.10. The molecule has 1 aromatic heterocycles. The molecule has 6 nitrogen and oxygen atoms in total. The molecule has 0 bridgehead atoms. The Kier molecular flexibility index (Phi) is 6.96. The van der Waals surface area contributed by atoms with Crippen LogP contribution in [0.5, 0.6) is 0 Å². The summed E-state index contributed by atoms with van der Waals surface area (Å²) in [5.74, 6) is -0.220. The van der Waals surface area contributed by atoms with Crippen molar-refractivity contribution in [3.05, 3.63) is 82.5 Å². The van der Waals surface area contributed by atoms with Crippen molar-refractivity contribution in [2.75, 3.05) is 5.43 Å². The summed E-state index contributed by atoms with van der Waals surface area (Å²) in [6, 6.07) is 18.3. The van der Waals surface area contributed by atoms with Crippen molar-refractivity contribution in [2.24, 2.45) is 0 Å². The number of para-hydroxylation sites is 1. The van der Waals surface area contributed by atoms with Crippen LogP contribution in [0.15, 0.2) is 70.0 Å². The lowest BCUT2D eigenvalue weighted by atomic mass is 10.1. The molecule has 0 radical (unpaired) electrons. The number of amides is 1. The number of aryl methyl sites for hydroxylation is 1. The Bertz CT molecular complexity index is 1230. The summed E-state index contributed by atoms with van der Waals surface area (Å²) in [6.07, 6.45) is 5.03. The molecule has 0 spiro atoms. The number of unbranched alkanes of at least 4 members (excludes halogenated alkanes) is 1. The number of anilines is 1. The summed E-state index contributed by atoms with van der Waals surface area (Å²) in [6.45, 7) is 2.18. The molecule has 2 N–H and O–H groups in total. The first-order valence-corrected chi connectivity index (χ1v) is 11.7. The molecule has 1 aliphatic heterocycles. The second-order valence-electron chi connectivity index (χ2n) is 7.48. The summed E-state index contributed by atoms with van der Waals surface area (Å²) in [5.41, 5.74) is 5.42. The van der Waals surface area contributed by atoms with Crippen LogP contribution in [0.25, 0.3) is 17.4 Å². The monoisotopic (exact) mass is 478 g/mol. The average Bonchev–Trinajstić information content (AvgIpc) is 3.38. The van der Waals surface area contributed by atoms with Gasteiger partial charge in [-0.1, -0.05) is 61.5 Å². The first-order chi connectivity index (χ1) is 16.0. The molecule has 168 valence electrons. The van der Waals surface area contributed by atoms with E-state index in [2.05, 4.69) is 24.5 Å². The van der Waals surface area contributed by atoms with E-state index in [-0.39, 0.29) is 21.5 Å². The van der Waals surface area contributed by atoms with Crippen LogP contribution in [0, 0.1) is 0 Å². The van der Waals surface area contributed by atoms with Crippen molar-refractivity contribution in [2.45, 2.75) is 26.2 Å². The standard InChI is InChI=1S/C25H22N2O4S2/c1-2-3-6-16-9-11-17(12-10-16)21-14-13-18(31-21)15-22-23(28)27(25(32)33-22)26-20-8-5-4-7-19(20)24(29)30/h4-5,7-15,26H,2-3,6H2,1H3,(H,29,30). The predicted molar refractivity (Wildman–Crippen MR) is 135 cm³/mol. The second kappa shape index (κ2) is 10.1. The van der Waals surface area contributed by atoms with Gasteiger partial charge in [-0.3, -0.25) is 10.2 Å². The van der Waals surface area contributed by atoms with Crippen molar-refractivity contribution in [3.63, 3.8) is 0 Å². The van der Waals surface area contributed by atoms with Gasteiger partial charge in [0, 0.05) is 11.6 Å². The van der Waals surface area contributed by atoms with Gasteiger partial charge in [0.15, 0.2) is 4.32 Å². The molecule has 2 aromatic carbocycles. The summed E-state index contributed by atoms with van der Waals surface area (Å²) < 4.78 is 6.22.